The molecule has 0 bridgehead atoms. The number of nitrogens with one attached hydrogen (secondary N) is 1. The Hall–Kier alpha value is -2.16. The van der Waals surface area contributed by atoms with Gasteiger partial charge in [0.05, 0.1) is 12.0 Å². The van der Waals surface area contributed by atoms with Crippen LogP contribution in [0.1, 0.15) is 37.9 Å². The van der Waals surface area contributed by atoms with Gasteiger partial charge in [-0.15, -0.1) is 5.10 Å². The average Bonchev–Trinajstić information content (AvgIpc) is 3.26. The maximum atomic E-state index is 12.0. The molecule has 0 atom stereocenters. The fourth-order valence-corrected chi connectivity index (χ4v) is 3.40. The van der Waals surface area contributed by atoms with E-state index in [2.05, 4.69) is 20.8 Å². The highest BCUT2D eigenvalue weighted by Gasteiger charge is 2.22. The van der Waals surface area contributed by atoms with Crippen molar-refractivity contribution < 1.29 is 14.0 Å². The molecule has 128 valence electrons. The second-order valence-electron chi connectivity index (χ2n) is 5.73. The Kier molecular flexibility index (Phi) is 5.63. The summed E-state index contributed by atoms with van der Waals surface area (Å²) in [5.74, 6) is 0.313. The lowest BCUT2D eigenvalue weighted by molar-refractivity contribution is -0.132. The second kappa shape index (κ2) is 8.09. The Bertz CT molecular complexity index is 679. The summed E-state index contributed by atoms with van der Waals surface area (Å²) in [7, 11) is 0. The smallest absolute Gasteiger partial charge is 0.237 e. The summed E-state index contributed by atoms with van der Waals surface area (Å²) in [6, 6.07) is 3.61. The molecular formula is C15H19N5O3S. The molecule has 9 heteroatoms. The van der Waals surface area contributed by atoms with Crippen LogP contribution in [0.2, 0.25) is 0 Å². The van der Waals surface area contributed by atoms with Crippen LogP contribution in [-0.2, 0) is 16.1 Å². The molecule has 1 saturated carbocycles. The van der Waals surface area contributed by atoms with E-state index in [1.54, 1.807) is 17.0 Å². The van der Waals surface area contributed by atoms with Crippen LogP contribution < -0.4 is 5.32 Å². The maximum absolute atomic E-state index is 12.0. The van der Waals surface area contributed by atoms with E-state index in [1.807, 2.05) is 6.07 Å². The van der Waals surface area contributed by atoms with Gasteiger partial charge in [0.2, 0.25) is 17.0 Å². The number of tetrazole rings is 1. The lowest BCUT2D eigenvalue weighted by Crippen LogP contribution is -2.37. The number of carbonyl (C=O) groups is 2. The molecule has 1 aliphatic rings. The number of imide groups is 1. The minimum Gasteiger partial charge on any atom is -0.467 e. The van der Waals surface area contributed by atoms with Crippen molar-refractivity contribution in [2.24, 2.45) is 5.92 Å². The zero-order valence-electron chi connectivity index (χ0n) is 13.2. The molecule has 2 amide bonds. The molecule has 3 rings (SSSR count). The van der Waals surface area contributed by atoms with Crippen molar-refractivity contribution in [3.8, 4) is 0 Å². The summed E-state index contributed by atoms with van der Waals surface area (Å²) in [5, 5.41) is 14.4. The highest BCUT2D eigenvalue weighted by molar-refractivity contribution is 7.99. The van der Waals surface area contributed by atoms with Crippen LogP contribution >= 0.6 is 11.8 Å². The Morgan fingerprint density at radius 3 is 2.92 bits per heavy atom. The van der Waals surface area contributed by atoms with Gasteiger partial charge in [0, 0.05) is 5.92 Å². The Balaban J connectivity index is 1.48. The van der Waals surface area contributed by atoms with Gasteiger partial charge in [-0.05, 0) is 35.4 Å². The van der Waals surface area contributed by atoms with Crippen molar-refractivity contribution in [2.75, 3.05) is 5.75 Å². The molecule has 2 aromatic heterocycles. The molecular weight excluding hydrogens is 330 g/mol. The number of nitrogens with zero attached hydrogens (tertiary/aromatic N) is 4. The van der Waals surface area contributed by atoms with Crippen LogP contribution in [-0.4, -0.2) is 37.8 Å². The number of thioether (sulfide) groups is 1. The number of furan rings is 1. The maximum Gasteiger partial charge on any atom is 0.237 e. The van der Waals surface area contributed by atoms with Gasteiger partial charge in [0.25, 0.3) is 0 Å². The summed E-state index contributed by atoms with van der Waals surface area (Å²) in [5.41, 5.74) is 0. The Morgan fingerprint density at radius 2 is 2.17 bits per heavy atom. The first-order chi connectivity index (χ1) is 11.7. The van der Waals surface area contributed by atoms with Crippen LogP contribution in [0, 0.1) is 5.92 Å². The van der Waals surface area contributed by atoms with Gasteiger partial charge in [-0.25, -0.2) is 4.68 Å². The van der Waals surface area contributed by atoms with Crippen molar-refractivity contribution >= 4 is 23.6 Å². The average molecular weight is 349 g/mol. The quantitative estimate of drug-likeness (QED) is 0.791. The predicted octanol–water partition coefficient (Wildman–Crippen LogP) is 1.63. The zero-order valence-corrected chi connectivity index (χ0v) is 14.0. The van der Waals surface area contributed by atoms with E-state index in [9.17, 15) is 9.59 Å². The van der Waals surface area contributed by atoms with Crippen molar-refractivity contribution in [1.29, 1.82) is 0 Å². The summed E-state index contributed by atoms with van der Waals surface area (Å²) in [6.45, 7) is 0.394. The van der Waals surface area contributed by atoms with E-state index >= 15 is 0 Å². The van der Waals surface area contributed by atoms with Crippen molar-refractivity contribution in [2.45, 2.75) is 43.8 Å². The first-order valence-electron chi connectivity index (χ1n) is 7.97. The number of aromatic nitrogens is 4. The molecule has 0 saturated heterocycles. The van der Waals surface area contributed by atoms with Gasteiger partial charge < -0.3 is 4.42 Å². The first-order valence-corrected chi connectivity index (χ1v) is 8.96. The van der Waals surface area contributed by atoms with Crippen molar-refractivity contribution in [3.63, 3.8) is 0 Å². The number of hydrogen-bond acceptors (Lipinski definition) is 7. The van der Waals surface area contributed by atoms with Crippen LogP contribution in [0.3, 0.4) is 0 Å². The van der Waals surface area contributed by atoms with Gasteiger partial charge in [-0.3, -0.25) is 14.9 Å². The number of carbonyl (C=O) groups excluding carboxylic acids is 2. The van der Waals surface area contributed by atoms with E-state index in [0.29, 0.717) is 11.7 Å². The molecule has 8 nitrogen and oxygen atoms in total. The third kappa shape index (κ3) is 4.44. The van der Waals surface area contributed by atoms with Gasteiger partial charge in [-0.1, -0.05) is 31.0 Å². The van der Waals surface area contributed by atoms with Gasteiger partial charge in [-0.2, -0.15) is 0 Å². The standard InChI is InChI=1S/C15H19N5O3S/c21-13(16-14(22)11-5-2-1-3-6-11)10-24-15-17-18-19-20(15)9-12-7-4-8-23-12/h4,7-8,11H,1-3,5-6,9-10H2,(H,16,21,22). The summed E-state index contributed by atoms with van der Waals surface area (Å²) in [4.78, 5) is 24.0. The lowest BCUT2D eigenvalue weighted by Gasteiger charge is -2.20. The van der Waals surface area contributed by atoms with Crippen LogP contribution in [0.15, 0.2) is 28.0 Å². The minimum absolute atomic E-state index is 0.0306. The predicted molar refractivity (Wildman–Crippen MR) is 86.1 cm³/mol. The highest BCUT2D eigenvalue weighted by atomic mass is 32.2. The number of hydrogen-bond donors (Lipinski definition) is 1. The number of amides is 2. The van der Waals surface area contributed by atoms with Crippen LogP contribution in [0.4, 0.5) is 0 Å². The van der Waals surface area contributed by atoms with Gasteiger partial charge in [0.15, 0.2) is 0 Å². The SMILES string of the molecule is O=C(CSc1nnnn1Cc1ccco1)NC(=O)C1CCCCC1. The zero-order chi connectivity index (χ0) is 16.8. The molecule has 0 spiro atoms. The lowest BCUT2D eigenvalue weighted by atomic mass is 9.89. The topological polar surface area (TPSA) is 103 Å². The normalized spacial score (nSPS) is 15.3. The minimum atomic E-state index is -0.317. The first kappa shape index (κ1) is 16.7. The summed E-state index contributed by atoms with van der Waals surface area (Å²) in [6.07, 6.45) is 6.61. The van der Waals surface area contributed by atoms with E-state index in [4.69, 9.17) is 4.42 Å². The van der Waals surface area contributed by atoms with Gasteiger partial charge >= 0.3 is 0 Å². The monoisotopic (exact) mass is 349 g/mol. The molecule has 24 heavy (non-hydrogen) atoms. The fraction of sp³-hybridized carbons (Fsp3) is 0.533. The summed E-state index contributed by atoms with van der Waals surface area (Å²) < 4.78 is 6.81. The van der Waals surface area contributed by atoms with E-state index in [0.717, 1.165) is 31.4 Å². The second-order valence-corrected chi connectivity index (χ2v) is 6.68. The molecule has 1 N–H and O–H groups in total. The molecule has 0 radical (unpaired) electrons. The molecule has 0 aromatic carbocycles. The molecule has 1 aliphatic carbocycles. The molecule has 0 unspecified atom stereocenters. The van der Waals surface area contributed by atoms with Crippen molar-refractivity contribution in [1.82, 2.24) is 25.5 Å². The Labute approximate surface area is 143 Å². The molecule has 0 aliphatic heterocycles. The third-order valence-electron chi connectivity index (χ3n) is 3.96. The van der Waals surface area contributed by atoms with E-state index in [1.165, 1.54) is 18.2 Å². The van der Waals surface area contributed by atoms with Crippen molar-refractivity contribution in [3.05, 3.63) is 24.2 Å². The molecule has 1 fully saturated rings. The molecule has 2 heterocycles. The van der Waals surface area contributed by atoms with Crippen LogP contribution in [0.25, 0.3) is 0 Å². The number of rotatable bonds is 6. The third-order valence-corrected chi connectivity index (χ3v) is 4.91. The van der Waals surface area contributed by atoms with E-state index < -0.39 is 0 Å². The Morgan fingerprint density at radius 1 is 1.33 bits per heavy atom. The molecule has 2 aromatic rings. The summed E-state index contributed by atoms with van der Waals surface area (Å²) >= 11 is 1.19. The highest BCUT2D eigenvalue weighted by Crippen LogP contribution is 2.23. The largest absolute Gasteiger partial charge is 0.467 e. The van der Waals surface area contributed by atoms with Gasteiger partial charge in [0.1, 0.15) is 12.3 Å². The van der Waals surface area contributed by atoms with Crippen LogP contribution in [0.5, 0.6) is 0 Å². The fourth-order valence-electron chi connectivity index (χ4n) is 2.72. The van der Waals surface area contributed by atoms with E-state index in [-0.39, 0.29) is 23.5 Å².